The van der Waals surface area contributed by atoms with E-state index in [0.29, 0.717) is 129 Å². The highest BCUT2D eigenvalue weighted by Gasteiger charge is 2.38. The first kappa shape index (κ1) is 93.2. The number of hydrogen-bond donors (Lipinski definition) is 10. The summed E-state index contributed by atoms with van der Waals surface area (Å²) in [5.74, 6) is 1.56. The lowest BCUT2D eigenvalue weighted by Crippen LogP contribution is -2.54. The highest BCUT2D eigenvalue weighted by Crippen LogP contribution is 2.39. The van der Waals surface area contributed by atoms with Crippen LogP contribution in [0.5, 0.6) is 11.5 Å². The van der Waals surface area contributed by atoms with E-state index in [9.17, 15) is 63.8 Å². The minimum absolute atomic E-state index is 0.0485. The Balaban J connectivity index is 0.000000146. The van der Waals surface area contributed by atoms with Crippen LogP contribution < -0.4 is 56.1 Å². The number of aromatic amines is 3. The van der Waals surface area contributed by atoms with Crippen molar-refractivity contribution in [2.24, 2.45) is 0 Å². The molecule has 24 nitrogen and oxygen atoms in total. The number of imidazole rings is 1. The van der Waals surface area contributed by atoms with Gasteiger partial charge >= 0.3 is 18.5 Å². The molecule has 0 aliphatic carbocycles. The van der Waals surface area contributed by atoms with Crippen LogP contribution in [0.1, 0.15) is 151 Å². The second kappa shape index (κ2) is 41.5. The minimum atomic E-state index is -4.54. The van der Waals surface area contributed by atoms with Gasteiger partial charge in [-0.05, 0) is 215 Å². The van der Waals surface area contributed by atoms with Gasteiger partial charge in [-0.1, -0.05) is 63.2 Å². The third-order valence-electron chi connectivity index (χ3n) is 22.6. The van der Waals surface area contributed by atoms with E-state index in [1.807, 2.05) is 135 Å². The SMILES string of the molecule is CC(C)(C)c1ccc(C(CCCn2ccnc2)CC(=O)Nc2ccc3[nH]ccc3c2)cc1.CC1CN(c2nc(C(F)(F)F)ccc2CCC(=O)Nc2ccc3[nH]ccc3c2)CC(C)N1.CC1CN(c2nc(C(F)(F)F)ccc2CCC(=O)Nc2ccc3c(c2)OCCO3)CC(C)N1.O=C(CCc1ccc(C(F)(F)F)nc1N1CCC(O)CC1)Nc1ccc2[nH]ccc2c1. The lowest BCUT2D eigenvalue weighted by Gasteiger charge is -2.38. The Kier molecular flexibility index (Phi) is 30.2. The molecule has 5 unspecified atom stereocenters. The Bertz CT molecular complexity index is 5720. The van der Waals surface area contributed by atoms with Gasteiger partial charge in [0, 0.05) is 188 Å². The number of aromatic nitrogens is 8. The lowest BCUT2D eigenvalue weighted by molar-refractivity contribution is -0.141. The number of carbonyl (C=O) groups is 4. The van der Waals surface area contributed by atoms with E-state index >= 15 is 0 Å². The highest BCUT2D eigenvalue weighted by molar-refractivity contribution is 5.96. The number of aliphatic hydroxyl groups excluding tert-OH is 1. The number of nitrogens with one attached hydrogen (secondary N) is 9. The van der Waals surface area contributed by atoms with Crippen LogP contribution in [-0.4, -0.2) is 151 Å². The van der Waals surface area contributed by atoms with Crippen molar-refractivity contribution < 1.29 is 73.3 Å². The molecule has 0 radical (unpaired) electrons. The lowest BCUT2D eigenvalue weighted by atomic mass is 9.84. The van der Waals surface area contributed by atoms with Gasteiger partial charge in [0.1, 0.15) is 47.7 Å². The number of amides is 4. The predicted octanol–water partition coefficient (Wildman–Crippen LogP) is 18.3. The molecule has 0 saturated carbocycles. The second-order valence-electron chi connectivity index (χ2n) is 34.1. The van der Waals surface area contributed by atoms with E-state index in [-0.39, 0.29) is 103 Å². The average molecular weight is 1770 g/mol. The third-order valence-corrected chi connectivity index (χ3v) is 22.6. The Morgan fingerprint density at radius 2 is 0.867 bits per heavy atom. The number of anilines is 7. The molecule has 33 heteroatoms. The van der Waals surface area contributed by atoms with Crippen LogP contribution in [0.15, 0.2) is 189 Å². The molecule has 5 aromatic carbocycles. The van der Waals surface area contributed by atoms with E-state index in [2.05, 4.69) is 116 Å². The van der Waals surface area contributed by atoms with Gasteiger partial charge in [0.2, 0.25) is 23.6 Å². The van der Waals surface area contributed by atoms with Gasteiger partial charge in [-0.25, -0.2) is 19.9 Å². The Morgan fingerprint density at radius 1 is 0.477 bits per heavy atom. The number of carbonyl (C=O) groups excluding carboxylic acids is 4. The molecule has 4 aliphatic heterocycles. The van der Waals surface area contributed by atoms with Crippen molar-refractivity contribution in [2.75, 3.05) is 88.4 Å². The zero-order valence-electron chi connectivity index (χ0n) is 72.4. The molecule has 10 N–H and O–H groups in total. The van der Waals surface area contributed by atoms with Gasteiger partial charge in [-0.15, -0.1) is 0 Å². The molecule has 0 bridgehead atoms. The fourth-order valence-corrected chi connectivity index (χ4v) is 16.3. The van der Waals surface area contributed by atoms with Gasteiger partial charge in [0.05, 0.1) is 12.4 Å². The number of nitrogens with zero attached hydrogens (tertiary/aromatic N) is 8. The maximum Gasteiger partial charge on any atom is 0.433 e. The monoisotopic (exact) mass is 1770 g/mol. The molecule has 3 saturated heterocycles. The molecule has 12 aromatic rings. The van der Waals surface area contributed by atoms with Crippen molar-refractivity contribution in [2.45, 2.75) is 186 Å². The normalized spacial score (nSPS) is 17.0. The number of piperidine rings is 1. The van der Waals surface area contributed by atoms with Crippen LogP contribution in [-0.2, 0) is 68.9 Å². The van der Waals surface area contributed by atoms with Gasteiger partial charge in [0.25, 0.3) is 0 Å². The van der Waals surface area contributed by atoms with Crippen LogP contribution in [0.2, 0.25) is 0 Å². The number of alkyl halides is 9. The molecule has 128 heavy (non-hydrogen) atoms. The summed E-state index contributed by atoms with van der Waals surface area (Å²) in [6, 6.07) is 44.5. The number of fused-ring (bicyclic) bond motifs is 4. The fourth-order valence-electron chi connectivity index (χ4n) is 16.3. The highest BCUT2D eigenvalue weighted by atomic mass is 19.4. The summed E-state index contributed by atoms with van der Waals surface area (Å²) in [7, 11) is 0. The summed E-state index contributed by atoms with van der Waals surface area (Å²) < 4.78 is 133. The number of pyridine rings is 3. The third kappa shape index (κ3) is 25.9. The number of halogens is 9. The number of aryl methyl sites for hydroxylation is 4. The number of ether oxygens (including phenoxy) is 2. The maximum atomic E-state index is 13.3. The van der Waals surface area contributed by atoms with Crippen LogP contribution in [0.25, 0.3) is 32.7 Å². The van der Waals surface area contributed by atoms with E-state index < -0.39 is 41.7 Å². The average Bonchev–Trinajstić information content (AvgIpc) is 1.11. The first-order chi connectivity index (χ1) is 61.0. The number of aliphatic hydroxyl groups is 1. The molecule has 4 aliphatic rings. The van der Waals surface area contributed by atoms with E-state index in [1.165, 1.54) is 29.3 Å². The van der Waals surface area contributed by atoms with Crippen molar-refractivity contribution in [3.8, 4) is 11.5 Å². The van der Waals surface area contributed by atoms with E-state index in [4.69, 9.17) is 9.47 Å². The number of H-pyrrole nitrogens is 3. The fraction of sp³-hybridized carbons (Fsp3) is 0.389. The molecule has 678 valence electrons. The molecule has 11 heterocycles. The number of piperazine rings is 2. The van der Waals surface area contributed by atoms with Crippen molar-refractivity contribution in [3.63, 3.8) is 0 Å². The standard InChI is InChI=1S/C27H32N4O.C23H26F3N5O.C23H27F3N4O3.C22H23F3N4O2/c1-27(2,3)23-8-6-20(7-9-23)21(5-4-15-31-16-14-28-19-31)18-26(32)30-24-10-11-25-22(17-24)12-13-29-25;1-14-12-31(13-15(2)28-14)22-16(3-7-20(30-22)23(24,25)26)4-8-21(32)29-18-5-6-19-17(11-18)9-10-27-19;1-14-12-30(13-15(2)27-14)22-16(3-7-20(29-22)23(24,25)26)4-8-21(31)28-17-5-6-18-19(11-17)33-10-9-32-18;23-22(24,25)19-5-1-14(21(28-19)29-11-8-17(30)9-12-29)2-6-20(31)27-16-3-4-18-15(13-16)7-10-26-18/h6-14,16-17,19,21,29H,4-5,15,18H2,1-3H3,(H,30,32);3,5-7,9-11,14-15,27-28H,4,8,12-13H2,1-2H3,(H,29,32);3,5-7,11,14-15,27H,4,8-10,12-13H2,1-2H3,(H,28,31);1,3-5,7,10,13,17,26,30H,2,6,8-9,11-12H2,(H,27,31). The summed E-state index contributed by atoms with van der Waals surface area (Å²) in [5.41, 5.74) is 7.42. The van der Waals surface area contributed by atoms with Crippen molar-refractivity contribution in [1.29, 1.82) is 0 Å². The van der Waals surface area contributed by atoms with Crippen LogP contribution in [0.4, 0.5) is 79.7 Å². The second-order valence-corrected chi connectivity index (χ2v) is 34.1. The molecule has 4 amide bonds. The zero-order chi connectivity index (χ0) is 91.0. The molecular formula is C95H108F9N17O7. The number of benzene rings is 5. The molecule has 3 fully saturated rings. The van der Waals surface area contributed by atoms with Crippen molar-refractivity contribution in [3.05, 3.63) is 234 Å². The summed E-state index contributed by atoms with van der Waals surface area (Å²) in [6.45, 7) is 19.5. The van der Waals surface area contributed by atoms with E-state index in [0.717, 1.165) is 76.0 Å². The number of rotatable bonds is 23. The van der Waals surface area contributed by atoms with Crippen molar-refractivity contribution >= 4 is 96.5 Å². The maximum absolute atomic E-state index is 13.3. The van der Waals surface area contributed by atoms with Crippen LogP contribution in [0.3, 0.4) is 0 Å². The van der Waals surface area contributed by atoms with Crippen molar-refractivity contribution in [1.82, 2.24) is 50.1 Å². The topological polar surface area (TPSA) is 293 Å². The summed E-state index contributed by atoms with van der Waals surface area (Å²) >= 11 is 0. The first-order valence-corrected chi connectivity index (χ1v) is 43.1. The number of hydrogen-bond acceptors (Lipinski definition) is 16. The Labute approximate surface area is 736 Å². The molecule has 16 rings (SSSR count). The van der Waals surface area contributed by atoms with Gasteiger partial charge in [-0.2, -0.15) is 39.5 Å². The molecule has 7 aromatic heterocycles. The predicted molar refractivity (Wildman–Crippen MR) is 479 cm³/mol. The molecule has 5 atom stereocenters. The summed E-state index contributed by atoms with van der Waals surface area (Å²) in [5, 5.41) is 31.1. The van der Waals surface area contributed by atoms with E-state index in [1.54, 1.807) is 35.4 Å². The zero-order valence-corrected chi connectivity index (χ0v) is 72.4. The smallest absolute Gasteiger partial charge is 0.433 e. The molecule has 0 spiro atoms. The summed E-state index contributed by atoms with van der Waals surface area (Å²) in [6.07, 6.45) is 1.65. The van der Waals surface area contributed by atoms with Gasteiger partial charge in [0.15, 0.2) is 11.5 Å². The first-order valence-electron chi connectivity index (χ1n) is 43.1. The minimum Gasteiger partial charge on any atom is -0.486 e. The summed E-state index contributed by atoms with van der Waals surface area (Å²) in [4.78, 5) is 81.3. The Morgan fingerprint density at radius 3 is 1.27 bits per heavy atom. The van der Waals surface area contributed by atoms with Crippen LogP contribution in [0, 0.1) is 0 Å². The largest absolute Gasteiger partial charge is 0.486 e. The van der Waals surface area contributed by atoms with Gasteiger partial charge in [-0.3, -0.25) is 19.2 Å². The van der Waals surface area contributed by atoms with Crippen LogP contribution >= 0.6 is 0 Å². The quantitative estimate of drug-likeness (QED) is 0.0266. The van der Waals surface area contributed by atoms with Gasteiger partial charge < -0.3 is 80.7 Å². The Hall–Kier alpha value is -12.5. The molecular weight excluding hydrogens is 1660 g/mol.